The van der Waals surface area contributed by atoms with Crippen LogP contribution in [-0.4, -0.2) is 13.7 Å². The van der Waals surface area contributed by atoms with Crippen LogP contribution in [0.4, 0.5) is 5.69 Å². The summed E-state index contributed by atoms with van der Waals surface area (Å²) >= 11 is 0. The van der Waals surface area contributed by atoms with Crippen LogP contribution in [0.3, 0.4) is 0 Å². The van der Waals surface area contributed by atoms with Crippen LogP contribution >= 0.6 is 0 Å². The second-order valence-electron chi connectivity index (χ2n) is 2.49. The van der Waals surface area contributed by atoms with Gasteiger partial charge in [0.1, 0.15) is 0 Å². The third-order valence-corrected chi connectivity index (χ3v) is 1.56. The van der Waals surface area contributed by atoms with Crippen molar-refractivity contribution in [2.75, 3.05) is 19.5 Å². The van der Waals surface area contributed by atoms with Crippen LogP contribution in [0.5, 0.6) is 0 Å². The van der Waals surface area contributed by atoms with E-state index in [1.807, 2.05) is 36.4 Å². The third-order valence-electron chi connectivity index (χ3n) is 1.56. The minimum atomic E-state index is 0.619. The van der Waals surface area contributed by atoms with Crippen molar-refractivity contribution in [1.29, 1.82) is 0 Å². The quantitative estimate of drug-likeness (QED) is 0.691. The van der Waals surface area contributed by atoms with Gasteiger partial charge in [0.2, 0.25) is 0 Å². The first kappa shape index (κ1) is 8.81. The molecule has 1 rings (SSSR count). The first-order valence-corrected chi connectivity index (χ1v) is 3.84. The van der Waals surface area contributed by atoms with Crippen LogP contribution in [-0.2, 0) is 4.74 Å². The van der Waals surface area contributed by atoms with Crippen molar-refractivity contribution in [3.8, 4) is 0 Å². The van der Waals surface area contributed by atoms with E-state index >= 15 is 0 Å². The van der Waals surface area contributed by atoms with Gasteiger partial charge in [-0.05, 0) is 11.6 Å². The predicted octanol–water partition coefficient (Wildman–Crippen LogP) is 1.93. The summed E-state index contributed by atoms with van der Waals surface area (Å²) in [4.78, 5) is 0. The Labute approximate surface area is 72.7 Å². The first-order chi connectivity index (χ1) is 5.84. The molecule has 0 amide bonds. The van der Waals surface area contributed by atoms with E-state index in [0.717, 1.165) is 11.3 Å². The number of hydrogen-bond donors (Lipinski definition) is 1. The third kappa shape index (κ3) is 2.40. The highest BCUT2D eigenvalue weighted by Gasteiger charge is 1.89. The highest BCUT2D eigenvalue weighted by Crippen LogP contribution is 2.11. The maximum absolute atomic E-state index is 5.71. The van der Waals surface area contributed by atoms with Crippen LogP contribution in [0.25, 0.3) is 6.08 Å². The first-order valence-electron chi connectivity index (χ1n) is 3.84. The highest BCUT2D eigenvalue weighted by atomic mass is 16.5. The molecule has 0 aliphatic heterocycles. The van der Waals surface area contributed by atoms with Crippen LogP contribution in [0.2, 0.25) is 0 Å². The SMILES string of the molecule is COC/C=C\c1ccccc1N. The largest absolute Gasteiger partial charge is 0.398 e. The molecule has 0 saturated heterocycles. The number of para-hydroxylation sites is 1. The summed E-state index contributed by atoms with van der Waals surface area (Å²) < 4.78 is 4.88. The van der Waals surface area contributed by atoms with E-state index < -0.39 is 0 Å². The monoisotopic (exact) mass is 163 g/mol. The minimum Gasteiger partial charge on any atom is -0.398 e. The number of benzene rings is 1. The zero-order valence-corrected chi connectivity index (χ0v) is 7.16. The zero-order valence-electron chi connectivity index (χ0n) is 7.16. The maximum Gasteiger partial charge on any atom is 0.0646 e. The molecule has 2 N–H and O–H groups in total. The molecule has 0 aromatic heterocycles. The smallest absolute Gasteiger partial charge is 0.0646 e. The van der Waals surface area contributed by atoms with Gasteiger partial charge in [0.25, 0.3) is 0 Å². The molecular formula is C10H13NO. The van der Waals surface area contributed by atoms with E-state index in [0.29, 0.717) is 6.61 Å². The van der Waals surface area contributed by atoms with Crippen LogP contribution < -0.4 is 5.73 Å². The maximum atomic E-state index is 5.71. The summed E-state index contributed by atoms with van der Waals surface area (Å²) in [5.41, 5.74) is 7.54. The molecule has 0 aliphatic carbocycles. The predicted molar refractivity (Wildman–Crippen MR) is 51.8 cm³/mol. The average Bonchev–Trinajstić information content (AvgIpc) is 2.09. The summed E-state index contributed by atoms with van der Waals surface area (Å²) in [6.45, 7) is 0.619. The van der Waals surface area contributed by atoms with Gasteiger partial charge in [-0.2, -0.15) is 0 Å². The Morgan fingerprint density at radius 2 is 2.17 bits per heavy atom. The molecule has 0 atom stereocenters. The van der Waals surface area contributed by atoms with Crippen molar-refractivity contribution >= 4 is 11.8 Å². The van der Waals surface area contributed by atoms with E-state index in [1.54, 1.807) is 7.11 Å². The van der Waals surface area contributed by atoms with Gasteiger partial charge in [0, 0.05) is 12.8 Å². The molecule has 0 bridgehead atoms. The second kappa shape index (κ2) is 4.57. The molecule has 12 heavy (non-hydrogen) atoms. The van der Waals surface area contributed by atoms with E-state index in [4.69, 9.17) is 10.5 Å². The molecule has 1 aromatic rings. The van der Waals surface area contributed by atoms with Crippen molar-refractivity contribution in [1.82, 2.24) is 0 Å². The van der Waals surface area contributed by atoms with E-state index in [2.05, 4.69) is 0 Å². The average molecular weight is 163 g/mol. The molecule has 2 nitrogen and oxygen atoms in total. The fraction of sp³-hybridized carbons (Fsp3) is 0.200. The minimum absolute atomic E-state index is 0.619. The summed E-state index contributed by atoms with van der Waals surface area (Å²) in [5.74, 6) is 0. The number of ether oxygens (including phenoxy) is 1. The molecule has 0 fully saturated rings. The number of nitrogens with two attached hydrogens (primary N) is 1. The molecule has 64 valence electrons. The van der Waals surface area contributed by atoms with Crippen molar-refractivity contribution in [3.63, 3.8) is 0 Å². The lowest BCUT2D eigenvalue weighted by Gasteiger charge is -1.97. The Bertz CT molecular complexity index is 268. The van der Waals surface area contributed by atoms with Gasteiger partial charge in [0.15, 0.2) is 0 Å². The normalized spacial score (nSPS) is 10.8. The Morgan fingerprint density at radius 3 is 2.83 bits per heavy atom. The summed E-state index contributed by atoms with van der Waals surface area (Å²) in [6.07, 6.45) is 3.89. The van der Waals surface area contributed by atoms with Crippen LogP contribution in [0.1, 0.15) is 5.56 Å². The van der Waals surface area contributed by atoms with E-state index in [-0.39, 0.29) is 0 Å². The van der Waals surface area contributed by atoms with Crippen molar-refractivity contribution in [3.05, 3.63) is 35.9 Å². The molecule has 0 unspecified atom stereocenters. The van der Waals surface area contributed by atoms with Gasteiger partial charge < -0.3 is 10.5 Å². The Hall–Kier alpha value is -1.28. The Balaban J connectivity index is 2.68. The number of methoxy groups -OCH3 is 1. The van der Waals surface area contributed by atoms with Gasteiger partial charge in [0.05, 0.1) is 6.61 Å². The zero-order chi connectivity index (χ0) is 8.81. The summed E-state index contributed by atoms with van der Waals surface area (Å²) in [6, 6.07) is 7.74. The number of rotatable bonds is 3. The number of nitrogen functional groups attached to an aromatic ring is 1. The van der Waals surface area contributed by atoms with Crippen molar-refractivity contribution < 1.29 is 4.74 Å². The lowest BCUT2D eigenvalue weighted by molar-refractivity contribution is 0.234. The number of hydrogen-bond acceptors (Lipinski definition) is 2. The molecule has 0 saturated carbocycles. The van der Waals surface area contributed by atoms with Gasteiger partial charge >= 0.3 is 0 Å². The van der Waals surface area contributed by atoms with Crippen molar-refractivity contribution in [2.24, 2.45) is 0 Å². The molecule has 0 aliphatic rings. The summed E-state index contributed by atoms with van der Waals surface area (Å²) in [7, 11) is 1.67. The van der Waals surface area contributed by atoms with E-state index in [1.165, 1.54) is 0 Å². The Morgan fingerprint density at radius 1 is 1.42 bits per heavy atom. The fourth-order valence-electron chi connectivity index (χ4n) is 0.934. The summed E-state index contributed by atoms with van der Waals surface area (Å²) in [5, 5.41) is 0. The topological polar surface area (TPSA) is 35.2 Å². The van der Waals surface area contributed by atoms with Crippen LogP contribution in [0.15, 0.2) is 30.3 Å². The Kier molecular flexibility index (Phi) is 3.35. The van der Waals surface area contributed by atoms with Gasteiger partial charge in [-0.25, -0.2) is 0 Å². The molecule has 2 heteroatoms. The van der Waals surface area contributed by atoms with Gasteiger partial charge in [-0.1, -0.05) is 30.4 Å². The van der Waals surface area contributed by atoms with Gasteiger partial charge in [-0.15, -0.1) is 0 Å². The lowest BCUT2D eigenvalue weighted by Crippen LogP contribution is -1.88. The standard InChI is InChI=1S/C10H13NO/c1-12-8-4-6-9-5-2-3-7-10(9)11/h2-7H,8,11H2,1H3/b6-4-. The van der Waals surface area contributed by atoms with Crippen LogP contribution in [0, 0.1) is 0 Å². The van der Waals surface area contributed by atoms with Gasteiger partial charge in [-0.3, -0.25) is 0 Å². The van der Waals surface area contributed by atoms with E-state index in [9.17, 15) is 0 Å². The molecule has 0 heterocycles. The number of anilines is 1. The molecule has 0 radical (unpaired) electrons. The molecule has 0 spiro atoms. The van der Waals surface area contributed by atoms with Crippen molar-refractivity contribution in [2.45, 2.75) is 0 Å². The lowest BCUT2D eigenvalue weighted by atomic mass is 10.2. The highest BCUT2D eigenvalue weighted by molar-refractivity contribution is 5.63. The molecule has 1 aromatic carbocycles. The second-order valence-corrected chi connectivity index (χ2v) is 2.49. The molecular weight excluding hydrogens is 150 g/mol. The fourth-order valence-corrected chi connectivity index (χ4v) is 0.934.